The van der Waals surface area contributed by atoms with Crippen LogP contribution in [0.2, 0.25) is 10.0 Å². The number of aromatic nitrogens is 9. The average Bonchev–Trinajstić information content (AvgIpc) is 4.23. The molecule has 0 spiro atoms. The Balaban J connectivity index is 0.000000268. The largest absolute Gasteiger partial charge is 0.444 e. The number of H-pyrrole nitrogens is 1. The summed E-state index contributed by atoms with van der Waals surface area (Å²) in [7, 11) is 3.23. The number of halogens is 2. The lowest BCUT2D eigenvalue weighted by atomic mass is 10.1. The molecule has 0 bridgehead atoms. The number of benzene rings is 2. The molecule has 10 rings (SSSR count). The summed E-state index contributed by atoms with van der Waals surface area (Å²) in [5, 5.41) is 20.6. The number of rotatable bonds is 13. The number of amides is 1. The number of hydrogen-bond acceptors (Lipinski definition) is 14. The summed E-state index contributed by atoms with van der Waals surface area (Å²) in [5.41, 5.74) is 1.54. The fraction of sp³-hybridized carbons (Fsp3) is 0.360. The van der Waals surface area contributed by atoms with E-state index in [1.807, 2.05) is 86.3 Å². The number of carbonyl (C=O) groups excluding carboxylic acids is 1. The van der Waals surface area contributed by atoms with E-state index in [1.54, 1.807) is 54.4 Å². The molecule has 2 aliphatic rings. The average molecular weight is 1160 g/mol. The number of nitrogens with one attached hydrogen (secondary N) is 1. The highest BCUT2D eigenvalue weighted by Crippen LogP contribution is 2.40. The molecule has 0 unspecified atom stereocenters. The van der Waals surface area contributed by atoms with E-state index in [1.165, 1.54) is 19.9 Å². The van der Waals surface area contributed by atoms with Crippen molar-refractivity contribution in [3.8, 4) is 17.4 Å². The predicted molar refractivity (Wildman–Crippen MR) is 310 cm³/mol. The van der Waals surface area contributed by atoms with E-state index >= 15 is 0 Å². The molecule has 76 heavy (non-hydrogen) atoms. The van der Waals surface area contributed by atoms with Crippen molar-refractivity contribution < 1.29 is 28.5 Å². The molecule has 1 amide bonds. The van der Waals surface area contributed by atoms with Crippen LogP contribution in [0.4, 0.5) is 10.6 Å². The lowest BCUT2D eigenvalue weighted by Gasteiger charge is -2.29. The molecule has 1 N–H and O–H groups in total. The normalized spacial score (nSPS) is 17.0. The van der Waals surface area contributed by atoms with Crippen LogP contribution < -0.4 is 16.0 Å². The molecule has 2 aliphatic heterocycles. The maximum atomic E-state index is 13.9. The molecule has 0 saturated carbocycles. The van der Waals surface area contributed by atoms with Crippen molar-refractivity contribution in [2.24, 2.45) is 0 Å². The number of ether oxygens (including phenoxy) is 5. The fourth-order valence-electron chi connectivity index (χ4n) is 9.11. The van der Waals surface area contributed by atoms with Crippen molar-refractivity contribution in [2.45, 2.75) is 63.5 Å². The lowest BCUT2D eigenvalue weighted by molar-refractivity contribution is 0.00884. The number of nitrogens with zero attached hydrogens (tertiary/aromatic N) is 11. The van der Waals surface area contributed by atoms with Crippen molar-refractivity contribution in [2.75, 3.05) is 58.6 Å². The Bertz CT molecular complexity index is 3400. The van der Waals surface area contributed by atoms with E-state index < -0.39 is 23.8 Å². The predicted octanol–water partition coefficient (Wildman–Crippen LogP) is 7.57. The van der Waals surface area contributed by atoms with E-state index in [2.05, 4.69) is 21.0 Å². The van der Waals surface area contributed by atoms with Gasteiger partial charge < -0.3 is 33.6 Å². The van der Waals surface area contributed by atoms with Crippen LogP contribution in [0.15, 0.2) is 107 Å². The van der Waals surface area contributed by atoms with Crippen LogP contribution in [0.5, 0.6) is 0 Å². The fourth-order valence-corrected chi connectivity index (χ4v) is 9.56. The summed E-state index contributed by atoms with van der Waals surface area (Å²) < 4.78 is 34.1. The van der Waals surface area contributed by atoms with Crippen LogP contribution in [0.25, 0.3) is 33.4 Å². The zero-order valence-corrected chi connectivity index (χ0v) is 47.7. The van der Waals surface area contributed by atoms with E-state index in [0.29, 0.717) is 113 Å². The molecule has 0 radical (unpaired) electrons. The van der Waals surface area contributed by atoms with Gasteiger partial charge in [-0.1, -0.05) is 59.6 Å². The third-order valence-corrected chi connectivity index (χ3v) is 12.8. The van der Waals surface area contributed by atoms with Gasteiger partial charge in [0.05, 0.1) is 89.6 Å². The van der Waals surface area contributed by atoms with Gasteiger partial charge in [0.1, 0.15) is 40.5 Å². The zero-order chi connectivity index (χ0) is 50.7. The third kappa shape index (κ3) is 12.7. The highest BCUT2D eigenvalue weighted by Gasteiger charge is 2.43. The van der Waals surface area contributed by atoms with E-state index in [4.69, 9.17) is 57.1 Å². The van der Waals surface area contributed by atoms with E-state index in [-0.39, 0.29) is 82.8 Å². The Morgan fingerprint density at radius 2 is 1.22 bits per heavy atom. The van der Waals surface area contributed by atoms with E-state index in [0.717, 1.165) is 0 Å². The molecule has 6 aromatic heterocycles. The van der Waals surface area contributed by atoms with Gasteiger partial charge in [-0.05, 0) is 57.2 Å². The topological polar surface area (TPSA) is 214 Å². The van der Waals surface area contributed by atoms with Crippen LogP contribution in [-0.2, 0) is 23.7 Å². The van der Waals surface area contributed by atoms with Crippen LogP contribution in [-0.4, -0.2) is 126 Å². The second-order valence-corrected chi connectivity index (χ2v) is 18.9. The van der Waals surface area contributed by atoms with Crippen LogP contribution in [0.3, 0.4) is 0 Å². The van der Waals surface area contributed by atoms with Gasteiger partial charge in [-0.2, -0.15) is 69.4 Å². The first-order chi connectivity index (χ1) is 34.8. The highest BCUT2D eigenvalue weighted by molar-refractivity contribution is 7.59. The number of hydrogen-bond donors (Lipinski definition) is 1. The Kier molecular flexibility index (Phi) is 21.4. The molecule has 8 aromatic rings. The van der Waals surface area contributed by atoms with Gasteiger partial charge in [-0.15, -0.1) is 0 Å². The monoisotopic (exact) mass is 1150 g/mol. The van der Waals surface area contributed by atoms with Gasteiger partial charge in [-0.3, -0.25) is 23.6 Å². The van der Waals surface area contributed by atoms with Gasteiger partial charge in [0.2, 0.25) is 0 Å². The summed E-state index contributed by atoms with van der Waals surface area (Å²) in [6.45, 7) is 7.91. The third-order valence-electron chi connectivity index (χ3n) is 12.2. The molecule has 20 nitrogen and oxygen atoms in total. The number of likely N-dealkylation sites (tertiary alicyclic amines) is 1. The summed E-state index contributed by atoms with van der Waals surface area (Å²) >= 11 is 12.7. The van der Waals surface area contributed by atoms with Crippen LogP contribution >= 0.6 is 77.2 Å². The number of fused-ring (bicyclic) bond motifs is 3. The van der Waals surface area contributed by atoms with Gasteiger partial charge >= 0.3 is 6.09 Å². The minimum Gasteiger partial charge on any atom is -0.444 e. The first-order valence-electron chi connectivity index (χ1n) is 23.2. The number of carbonyl (C=O) groups is 1. The first-order valence-corrected chi connectivity index (χ1v) is 24.0. The summed E-state index contributed by atoms with van der Waals surface area (Å²) in [5.74, 6) is 1.47. The number of nitriles is 1. The zero-order valence-electron chi connectivity index (χ0n) is 42.1. The minimum atomic E-state index is -0.680. The SMILES string of the molecule is COCCO[C@H]1C[C@@H](c2nn3ccc(Cl)c3c(=O)n2-c2ccccc2)N(C(=O)OC(C)(C)C)C1.COCCO[C@H]1C[C@@H](c2nn3ccc(Cl)c3c(=O)n2-c2ccccc2)N(c2ncnc3[nH]cc(C#N)c23)C1.S.S.S.S. The Labute approximate surface area is 475 Å². The minimum absolute atomic E-state index is 0. The quantitative estimate of drug-likeness (QED) is 0.110. The van der Waals surface area contributed by atoms with Crippen molar-refractivity contribution in [1.29, 1.82) is 5.26 Å². The molecular weight excluding hydrogens is 1100 g/mol. The molecule has 2 saturated heterocycles. The molecule has 2 fully saturated rings. The molecule has 8 heterocycles. The van der Waals surface area contributed by atoms with Gasteiger partial charge in [-0.25, -0.2) is 23.8 Å². The number of anilines is 1. The standard InChI is InChI=1S/C26H23ClN8O3.C24H29ClN4O5.4H2S/c1-37-9-10-38-18-11-20(33(14-18)25-21-16(12-28)13-29-23(21)30-15-31-25)24-32-34-8-7-19(27)22(34)26(36)35(24)17-5-3-2-4-6-17;1-24(2,3)34-23(31)27-15-17(33-13-12-32-4)14-19(27)21-26-28-11-10-18(25)20(28)22(30)29(21)16-8-6-5-7-9-16;;;;/h2-8,13,15,18,20H,9-11,14H2,1H3,(H,29,30,31);5-11,17,19H,12-15H2,1-4H3;4*1H2/t18-,20-;17-,19-;;;;/m00..../s1. The van der Waals surface area contributed by atoms with Crippen molar-refractivity contribution in [3.63, 3.8) is 0 Å². The Morgan fingerprint density at radius 1 is 0.724 bits per heavy atom. The van der Waals surface area contributed by atoms with Crippen molar-refractivity contribution >= 4 is 111 Å². The summed E-state index contributed by atoms with van der Waals surface area (Å²) in [6, 6.07) is 23.0. The molecule has 26 heteroatoms. The van der Waals surface area contributed by atoms with Crippen LogP contribution in [0, 0.1) is 11.3 Å². The maximum absolute atomic E-state index is 13.9. The summed E-state index contributed by atoms with van der Waals surface area (Å²) in [6.07, 6.45) is 6.40. The lowest BCUT2D eigenvalue weighted by Crippen LogP contribution is -2.39. The second-order valence-electron chi connectivity index (χ2n) is 18.1. The Morgan fingerprint density at radius 3 is 1.72 bits per heavy atom. The van der Waals surface area contributed by atoms with Crippen LogP contribution in [0.1, 0.15) is 62.9 Å². The van der Waals surface area contributed by atoms with Crippen molar-refractivity contribution in [1.82, 2.24) is 48.2 Å². The van der Waals surface area contributed by atoms with Gasteiger partial charge in [0, 0.05) is 52.2 Å². The number of aromatic amines is 1. The second kappa shape index (κ2) is 26.6. The number of para-hydroxylation sites is 2. The van der Waals surface area contributed by atoms with Crippen molar-refractivity contribution in [3.05, 3.63) is 146 Å². The van der Waals surface area contributed by atoms with E-state index in [9.17, 15) is 19.6 Å². The summed E-state index contributed by atoms with van der Waals surface area (Å²) in [4.78, 5) is 56.3. The molecular formula is C50H60Cl2N12O8S4. The maximum Gasteiger partial charge on any atom is 0.411 e. The first kappa shape index (κ1) is 61.1. The highest BCUT2D eigenvalue weighted by atomic mass is 35.5. The molecule has 0 aliphatic carbocycles. The molecule has 2 aromatic carbocycles. The Hall–Kier alpha value is -5.72. The van der Waals surface area contributed by atoms with Gasteiger partial charge in [0.25, 0.3) is 11.1 Å². The molecule has 4 atom stereocenters. The van der Waals surface area contributed by atoms with Gasteiger partial charge in [0.15, 0.2) is 11.6 Å². The number of methoxy groups -OCH3 is 2. The molecule has 406 valence electrons. The smallest absolute Gasteiger partial charge is 0.411 e.